The molecular formula is C15H24FN3O. The van der Waals surface area contributed by atoms with Crippen LogP contribution in [0.15, 0.2) is 18.2 Å². The van der Waals surface area contributed by atoms with Gasteiger partial charge in [0, 0.05) is 31.4 Å². The predicted molar refractivity (Wildman–Crippen MR) is 79.5 cm³/mol. The van der Waals surface area contributed by atoms with Gasteiger partial charge in [0.25, 0.3) is 0 Å². The zero-order valence-electron chi connectivity index (χ0n) is 12.4. The maximum absolute atomic E-state index is 13.8. The largest absolute Gasteiger partial charge is 0.391 e. The van der Waals surface area contributed by atoms with Crippen molar-refractivity contribution < 1.29 is 9.50 Å². The molecule has 0 aliphatic carbocycles. The summed E-state index contributed by atoms with van der Waals surface area (Å²) < 4.78 is 13.8. The van der Waals surface area contributed by atoms with Crippen LogP contribution in [0, 0.1) is 5.82 Å². The van der Waals surface area contributed by atoms with Gasteiger partial charge in [-0.25, -0.2) is 4.39 Å². The molecule has 2 rings (SSSR count). The molecule has 5 heteroatoms. The minimum atomic E-state index is -0.337. The number of halogens is 1. The average molecular weight is 281 g/mol. The molecule has 0 aromatic heterocycles. The lowest BCUT2D eigenvalue weighted by atomic mass is 10.1. The Morgan fingerprint density at radius 3 is 2.80 bits per heavy atom. The van der Waals surface area contributed by atoms with Crippen LogP contribution in [0.25, 0.3) is 0 Å². The van der Waals surface area contributed by atoms with Crippen LogP contribution in [-0.4, -0.2) is 56.4 Å². The number of hydrogen-bond donors (Lipinski definition) is 2. The van der Waals surface area contributed by atoms with Crippen molar-refractivity contribution >= 4 is 5.69 Å². The van der Waals surface area contributed by atoms with Crippen molar-refractivity contribution in [2.24, 2.45) is 0 Å². The van der Waals surface area contributed by atoms with Gasteiger partial charge in [0.1, 0.15) is 5.82 Å². The maximum atomic E-state index is 13.8. The molecule has 0 saturated carbocycles. The maximum Gasteiger partial charge on any atom is 0.125 e. The molecule has 2 N–H and O–H groups in total. The smallest absolute Gasteiger partial charge is 0.125 e. The van der Waals surface area contributed by atoms with Crippen LogP contribution in [0.2, 0.25) is 0 Å². The second-order valence-corrected chi connectivity index (χ2v) is 5.81. The number of β-amino-alcohol motifs (C(OH)–C–C–N with tert-alkyl or cyclic N) is 1. The summed E-state index contributed by atoms with van der Waals surface area (Å²) in [5, 5.41) is 13.0. The Bertz CT molecular complexity index is 453. The first kappa shape index (κ1) is 15.2. The zero-order valence-corrected chi connectivity index (χ0v) is 12.4. The Morgan fingerprint density at radius 2 is 2.15 bits per heavy atom. The third kappa shape index (κ3) is 3.69. The van der Waals surface area contributed by atoms with Crippen LogP contribution >= 0.6 is 0 Å². The van der Waals surface area contributed by atoms with Gasteiger partial charge in [-0.05, 0) is 51.3 Å². The lowest BCUT2D eigenvalue weighted by molar-refractivity contribution is 0.191. The summed E-state index contributed by atoms with van der Waals surface area (Å²) in [6, 6.07) is 5.33. The van der Waals surface area contributed by atoms with Gasteiger partial charge < -0.3 is 20.2 Å². The molecular weight excluding hydrogens is 257 g/mol. The summed E-state index contributed by atoms with van der Waals surface area (Å²) in [4.78, 5) is 4.22. The molecule has 1 heterocycles. The number of nitrogens with one attached hydrogen (secondary N) is 1. The molecule has 112 valence electrons. The minimum absolute atomic E-state index is 0.224. The number of likely N-dealkylation sites (N-methyl/N-ethyl adjacent to an activating group) is 1. The first-order valence-electron chi connectivity index (χ1n) is 7.03. The van der Waals surface area contributed by atoms with E-state index in [1.165, 1.54) is 0 Å². The second-order valence-electron chi connectivity index (χ2n) is 5.81. The normalized spacial score (nSPS) is 22.8. The molecule has 0 amide bonds. The first-order valence-corrected chi connectivity index (χ1v) is 7.03. The van der Waals surface area contributed by atoms with Crippen LogP contribution in [0.5, 0.6) is 0 Å². The molecule has 1 aliphatic rings. The summed E-state index contributed by atoms with van der Waals surface area (Å²) in [7, 11) is 5.88. The number of aliphatic hydroxyl groups excluding tert-OH is 1. The van der Waals surface area contributed by atoms with Crippen LogP contribution in [-0.2, 0) is 6.54 Å². The highest BCUT2D eigenvalue weighted by atomic mass is 19.1. The second kappa shape index (κ2) is 6.52. The van der Waals surface area contributed by atoms with E-state index >= 15 is 0 Å². The SMILES string of the molecule is CNCc1cc(F)cc(N2CC(O)CC2CN(C)C)c1. The van der Waals surface area contributed by atoms with Crippen molar-refractivity contribution in [2.75, 3.05) is 39.1 Å². The molecule has 2 unspecified atom stereocenters. The Morgan fingerprint density at radius 1 is 1.40 bits per heavy atom. The number of hydrogen-bond acceptors (Lipinski definition) is 4. The molecule has 1 aromatic carbocycles. The van der Waals surface area contributed by atoms with Gasteiger partial charge in [0.2, 0.25) is 0 Å². The monoisotopic (exact) mass is 281 g/mol. The van der Waals surface area contributed by atoms with Crippen molar-refractivity contribution in [3.63, 3.8) is 0 Å². The Labute approximate surface area is 120 Å². The average Bonchev–Trinajstić information content (AvgIpc) is 2.69. The molecule has 0 bridgehead atoms. The number of rotatable bonds is 5. The van der Waals surface area contributed by atoms with Crippen molar-refractivity contribution in [2.45, 2.75) is 25.1 Å². The van der Waals surface area contributed by atoms with Gasteiger partial charge in [-0.15, -0.1) is 0 Å². The highest BCUT2D eigenvalue weighted by molar-refractivity contribution is 5.51. The van der Waals surface area contributed by atoms with Gasteiger partial charge in [0.05, 0.1) is 6.10 Å². The van der Waals surface area contributed by atoms with E-state index in [-0.39, 0.29) is 18.0 Å². The van der Waals surface area contributed by atoms with Gasteiger partial charge in [-0.3, -0.25) is 0 Å². The highest BCUT2D eigenvalue weighted by Crippen LogP contribution is 2.28. The van der Waals surface area contributed by atoms with Crippen LogP contribution in [0.4, 0.5) is 10.1 Å². The molecule has 2 atom stereocenters. The standard InChI is InChI=1S/C15H24FN3O/c1-17-8-11-4-12(16)6-13(5-11)19-10-15(20)7-14(19)9-18(2)3/h4-6,14-15,17,20H,7-10H2,1-3H3. The lowest BCUT2D eigenvalue weighted by Gasteiger charge is -2.29. The van der Waals surface area contributed by atoms with Crippen LogP contribution < -0.4 is 10.2 Å². The highest BCUT2D eigenvalue weighted by Gasteiger charge is 2.31. The summed E-state index contributed by atoms with van der Waals surface area (Å²) in [6.07, 6.45) is 0.395. The molecule has 1 fully saturated rings. The van der Waals surface area contributed by atoms with Crippen molar-refractivity contribution in [3.05, 3.63) is 29.6 Å². The van der Waals surface area contributed by atoms with E-state index in [0.717, 1.165) is 24.2 Å². The van der Waals surface area contributed by atoms with E-state index < -0.39 is 0 Å². The first-order chi connectivity index (χ1) is 9.49. The molecule has 1 aliphatic heterocycles. The minimum Gasteiger partial charge on any atom is -0.391 e. The number of benzene rings is 1. The summed E-state index contributed by atoms with van der Waals surface area (Å²) in [6.45, 7) is 2.06. The summed E-state index contributed by atoms with van der Waals surface area (Å²) >= 11 is 0. The van der Waals surface area contributed by atoms with Crippen LogP contribution in [0.1, 0.15) is 12.0 Å². The zero-order chi connectivity index (χ0) is 14.7. The lowest BCUT2D eigenvalue weighted by Crippen LogP contribution is -2.37. The molecule has 0 spiro atoms. The van der Waals surface area contributed by atoms with Gasteiger partial charge in [0.15, 0.2) is 0 Å². The van der Waals surface area contributed by atoms with Gasteiger partial charge >= 0.3 is 0 Å². The predicted octanol–water partition coefficient (Wildman–Crippen LogP) is 1.05. The fraction of sp³-hybridized carbons (Fsp3) is 0.600. The Balaban J connectivity index is 2.23. The van der Waals surface area contributed by atoms with Crippen molar-refractivity contribution in [1.29, 1.82) is 0 Å². The quantitative estimate of drug-likeness (QED) is 0.846. The Hall–Kier alpha value is -1.17. The van der Waals surface area contributed by atoms with Gasteiger partial charge in [-0.2, -0.15) is 0 Å². The van der Waals surface area contributed by atoms with E-state index in [0.29, 0.717) is 13.1 Å². The van der Waals surface area contributed by atoms with Gasteiger partial charge in [-0.1, -0.05) is 0 Å². The summed E-state index contributed by atoms with van der Waals surface area (Å²) in [5.74, 6) is -0.224. The molecule has 0 radical (unpaired) electrons. The molecule has 1 saturated heterocycles. The number of aliphatic hydroxyl groups is 1. The van der Waals surface area contributed by atoms with Crippen molar-refractivity contribution in [1.82, 2.24) is 10.2 Å². The Kier molecular flexibility index (Phi) is 4.96. The summed E-state index contributed by atoms with van der Waals surface area (Å²) in [5.41, 5.74) is 1.78. The van der Waals surface area contributed by atoms with E-state index in [1.807, 2.05) is 27.2 Å². The fourth-order valence-electron chi connectivity index (χ4n) is 2.91. The van der Waals surface area contributed by atoms with E-state index in [9.17, 15) is 9.50 Å². The van der Waals surface area contributed by atoms with Crippen molar-refractivity contribution in [3.8, 4) is 0 Å². The van der Waals surface area contributed by atoms with E-state index in [4.69, 9.17) is 0 Å². The fourth-order valence-corrected chi connectivity index (χ4v) is 2.91. The molecule has 4 nitrogen and oxygen atoms in total. The molecule has 20 heavy (non-hydrogen) atoms. The van der Waals surface area contributed by atoms with E-state index in [1.54, 1.807) is 12.1 Å². The number of anilines is 1. The van der Waals surface area contributed by atoms with E-state index in [2.05, 4.69) is 15.1 Å². The third-order valence-corrected chi connectivity index (χ3v) is 3.62. The third-order valence-electron chi connectivity index (χ3n) is 3.62. The molecule has 1 aromatic rings. The number of nitrogens with zero attached hydrogens (tertiary/aromatic N) is 2. The van der Waals surface area contributed by atoms with Crippen LogP contribution in [0.3, 0.4) is 0 Å². The topological polar surface area (TPSA) is 38.7 Å².